The fraction of sp³-hybridized carbons (Fsp3) is 0.643. The lowest BCUT2D eigenvalue weighted by atomic mass is 9.87. The van der Waals surface area contributed by atoms with Crippen molar-refractivity contribution in [2.75, 3.05) is 5.73 Å². The highest BCUT2D eigenvalue weighted by Crippen LogP contribution is 2.36. The van der Waals surface area contributed by atoms with E-state index in [1.54, 1.807) is 0 Å². The molecule has 23 heavy (non-hydrogen) atoms. The summed E-state index contributed by atoms with van der Waals surface area (Å²) < 4.78 is 6.95. The number of fused-ring (bicyclic) bond motifs is 1. The van der Waals surface area contributed by atoms with E-state index in [0.717, 1.165) is 0 Å². The maximum atomic E-state index is 12.2. The van der Waals surface area contributed by atoms with Crippen LogP contribution in [0.2, 0.25) is 0 Å². The minimum absolute atomic E-state index is 0.0992. The summed E-state index contributed by atoms with van der Waals surface area (Å²) in [5.41, 5.74) is 5.61. The third-order valence-electron chi connectivity index (χ3n) is 3.94. The van der Waals surface area contributed by atoms with Crippen LogP contribution in [0.25, 0.3) is 11.2 Å². The third kappa shape index (κ3) is 2.71. The van der Waals surface area contributed by atoms with Crippen LogP contribution in [0.15, 0.2) is 11.1 Å². The molecular formula is C14H21N5O4. The number of ether oxygens (including phenoxy) is 1. The lowest BCUT2D eigenvalue weighted by Crippen LogP contribution is -2.35. The largest absolute Gasteiger partial charge is 0.388 e. The highest BCUT2D eigenvalue weighted by Gasteiger charge is 2.46. The first kappa shape index (κ1) is 15.9. The Morgan fingerprint density at radius 2 is 2.04 bits per heavy atom. The molecule has 5 N–H and O–H groups in total. The molecular weight excluding hydrogens is 302 g/mol. The summed E-state index contributed by atoms with van der Waals surface area (Å²) in [4.78, 5) is 22.6. The number of nitrogens with zero attached hydrogens (tertiary/aromatic N) is 3. The van der Waals surface area contributed by atoms with Gasteiger partial charge in [0.15, 0.2) is 17.7 Å². The number of hydrogen-bond acceptors (Lipinski definition) is 7. The number of anilines is 1. The van der Waals surface area contributed by atoms with Crippen molar-refractivity contribution in [3.05, 3.63) is 16.8 Å². The molecule has 0 bridgehead atoms. The fourth-order valence-electron chi connectivity index (χ4n) is 2.91. The molecule has 1 aliphatic heterocycles. The standard InChI is InChI=1S/C14H21N5O4/c1-14(2,3)4-6-8(20)9(21)12(23-6)19-11-7(18-13(19)22)10(15)16-5-17-11/h5-6,8-9,12,20-21H,4H2,1-3H3,(H,18,22)(H2,15,16,17)/t6-,8?,9?,12-/m1/s1. The van der Waals surface area contributed by atoms with E-state index in [4.69, 9.17) is 10.5 Å². The van der Waals surface area contributed by atoms with Crippen LogP contribution >= 0.6 is 0 Å². The zero-order valence-electron chi connectivity index (χ0n) is 13.2. The summed E-state index contributed by atoms with van der Waals surface area (Å²) in [6, 6.07) is 0. The molecule has 3 heterocycles. The molecule has 0 spiro atoms. The number of nitrogen functional groups attached to an aromatic ring is 1. The monoisotopic (exact) mass is 323 g/mol. The van der Waals surface area contributed by atoms with Crippen molar-refractivity contribution in [2.24, 2.45) is 5.41 Å². The first-order valence-electron chi connectivity index (χ1n) is 7.41. The van der Waals surface area contributed by atoms with Crippen LogP contribution in [0.3, 0.4) is 0 Å². The second kappa shape index (κ2) is 5.29. The molecule has 9 heteroatoms. The average Bonchev–Trinajstić information content (AvgIpc) is 2.90. The minimum Gasteiger partial charge on any atom is -0.388 e. The molecule has 2 aromatic rings. The van der Waals surface area contributed by atoms with Crippen LogP contribution in [0.4, 0.5) is 5.82 Å². The van der Waals surface area contributed by atoms with Gasteiger partial charge in [-0.2, -0.15) is 0 Å². The maximum Gasteiger partial charge on any atom is 0.330 e. The van der Waals surface area contributed by atoms with Crippen LogP contribution in [-0.4, -0.2) is 48.0 Å². The van der Waals surface area contributed by atoms with Crippen molar-refractivity contribution in [3.8, 4) is 0 Å². The van der Waals surface area contributed by atoms with E-state index in [-0.39, 0.29) is 22.4 Å². The number of H-pyrrole nitrogens is 1. The first-order chi connectivity index (χ1) is 10.7. The van der Waals surface area contributed by atoms with E-state index in [0.29, 0.717) is 6.42 Å². The van der Waals surface area contributed by atoms with Gasteiger partial charge in [-0.1, -0.05) is 20.8 Å². The number of nitrogens with one attached hydrogen (secondary N) is 1. The molecule has 0 saturated carbocycles. The molecule has 1 fully saturated rings. The number of rotatable bonds is 2. The number of aromatic amines is 1. The quantitative estimate of drug-likeness (QED) is 0.598. The van der Waals surface area contributed by atoms with Gasteiger partial charge in [-0.15, -0.1) is 0 Å². The van der Waals surface area contributed by atoms with Gasteiger partial charge in [0.2, 0.25) is 0 Å². The summed E-state index contributed by atoms with van der Waals surface area (Å²) in [5, 5.41) is 20.6. The van der Waals surface area contributed by atoms with Gasteiger partial charge < -0.3 is 25.7 Å². The predicted octanol–water partition coefficient (Wildman–Crippen LogP) is -0.243. The second-order valence-corrected chi connectivity index (χ2v) is 7.07. The number of aromatic nitrogens is 4. The van der Waals surface area contributed by atoms with Crippen molar-refractivity contribution in [1.82, 2.24) is 19.5 Å². The summed E-state index contributed by atoms with van der Waals surface area (Å²) in [7, 11) is 0. The Balaban J connectivity index is 2.01. The summed E-state index contributed by atoms with van der Waals surface area (Å²) >= 11 is 0. The highest BCUT2D eigenvalue weighted by molar-refractivity contribution is 5.81. The van der Waals surface area contributed by atoms with E-state index in [9.17, 15) is 15.0 Å². The molecule has 2 unspecified atom stereocenters. The maximum absolute atomic E-state index is 12.2. The molecule has 0 amide bonds. The SMILES string of the molecule is CC(C)(C)C[C@H]1O[C@@H](n2c(=O)[nH]c3c(N)ncnc32)C(O)C1O. The molecule has 1 aliphatic rings. The van der Waals surface area contributed by atoms with Gasteiger partial charge in [0, 0.05) is 0 Å². The lowest BCUT2D eigenvalue weighted by Gasteiger charge is -2.24. The van der Waals surface area contributed by atoms with Crippen molar-refractivity contribution in [1.29, 1.82) is 0 Å². The molecule has 4 atom stereocenters. The number of aliphatic hydroxyl groups excluding tert-OH is 2. The Labute approximate surface area is 132 Å². The van der Waals surface area contributed by atoms with E-state index in [2.05, 4.69) is 15.0 Å². The van der Waals surface area contributed by atoms with Gasteiger partial charge >= 0.3 is 5.69 Å². The summed E-state index contributed by atoms with van der Waals surface area (Å²) in [6.45, 7) is 6.03. The Morgan fingerprint density at radius 3 is 2.70 bits per heavy atom. The minimum atomic E-state index is -1.24. The molecule has 3 rings (SSSR count). The van der Waals surface area contributed by atoms with Crippen molar-refractivity contribution in [3.63, 3.8) is 0 Å². The van der Waals surface area contributed by atoms with Gasteiger partial charge in [0.25, 0.3) is 0 Å². The Kier molecular flexibility index (Phi) is 3.66. The number of nitrogens with two attached hydrogens (primary N) is 1. The number of imidazole rings is 1. The predicted molar refractivity (Wildman–Crippen MR) is 82.6 cm³/mol. The Morgan fingerprint density at radius 1 is 1.35 bits per heavy atom. The summed E-state index contributed by atoms with van der Waals surface area (Å²) in [5.74, 6) is 0.130. The molecule has 0 aromatic carbocycles. The average molecular weight is 323 g/mol. The smallest absolute Gasteiger partial charge is 0.330 e. The van der Waals surface area contributed by atoms with Gasteiger partial charge in [0.1, 0.15) is 24.1 Å². The van der Waals surface area contributed by atoms with Crippen LogP contribution in [0.1, 0.15) is 33.4 Å². The van der Waals surface area contributed by atoms with Gasteiger partial charge in [-0.05, 0) is 11.8 Å². The fourth-order valence-corrected chi connectivity index (χ4v) is 2.91. The van der Waals surface area contributed by atoms with Crippen molar-refractivity contribution < 1.29 is 14.9 Å². The molecule has 2 aromatic heterocycles. The van der Waals surface area contributed by atoms with Crippen LogP contribution in [0, 0.1) is 5.41 Å². The van der Waals surface area contributed by atoms with Crippen LogP contribution in [-0.2, 0) is 4.74 Å². The van der Waals surface area contributed by atoms with E-state index in [1.807, 2.05) is 20.8 Å². The zero-order chi connectivity index (χ0) is 16.9. The highest BCUT2D eigenvalue weighted by atomic mass is 16.6. The third-order valence-corrected chi connectivity index (χ3v) is 3.94. The van der Waals surface area contributed by atoms with Crippen molar-refractivity contribution in [2.45, 2.75) is 51.7 Å². The lowest BCUT2D eigenvalue weighted by molar-refractivity contribution is -0.0471. The molecule has 126 valence electrons. The molecule has 0 radical (unpaired) electrons. The van der Waals surface area contributed by atoms with Crippen LogP contribution in [0.5, 0.6) is 0 Å². The van der Waals surface area contributed by atoms with Gasteiger partial charge in [-0.25, -0.2) is 19.3 Å². The zero-order valence-corrected chi connectivity index (χ0v) is 13.2. The molecule has 0 aliphatic carbocycles. The Hall–Kier alpha value is -1.97. The molecule has 9 nitrogen and oxygen atoms in total. The normalized spacial score (nSPS) is 28.6. The second-order valence-electron chi connectivity index (χ2n) is 7.07. The van der Waals surface area contributed by atoms with Crippen molar-refractivity contribution >= 4 is 17.0 Å². The van der Waals surface area contributed by atoms with E-state index in [1.165, 1.54) is 10.9 Å². The van der Waals surface area contributed by atoms with Crippen LogP contribution < -0.4 is 11.4 Å². The van der Waals surface area contributed by atoms with Gasteiger partial charge in [0.05, 0.1) is 6.10 Å². The van der Waals surface area contributed by atoms with E-state index < -0.39 is 30.2 Å². The molecule has 1 saturated heterocycles. The van der Waals surface area contributed by atoms with E-state index >= 15 is 0 Å². The first-order valence-corrected chi connectivity index (χ1v) is 7.41. The topological polar surface area (TPSA) is 139 Å². The number of aliphatic hydroxyl groups is 2. The number of hydrogen-bond donors (Lipinski definition) is 4. The Bertz CT molecular complexity index is 778. The summed E-state index contributed by atoms with van der Waals surface area (Å²) in [6.07, 6.45) is -2.17. The van der Waals surface area contributed by atoms with Gasteiger partial charge in [-0.3, -0.25) is 0 Å².